The molecular weight excluding hydrogens is 419 g/mol. The van der Waals surface area contributed by atoms with Gasteiger partial charge in [-0.3, -0.25) is 4.79 Å². The van der Waals surface area contributed by atoms with Crippen LogP contribution in [0.5, 0.6) is 0 Å². The third-order valence-electron chi connectivity index (χ3n) is 5.14. The van der Waals surface area contributed by atoms with Crippen molar-refractivity contribution in [3.05, 3.63) is 81.8 Å². The number of aromatic nitrogens is 1. The predicted molar refractivity (Wildman–Crippen MR) is 123 cm³/mol. The van der Waals surface area contributed by atoms with Gasteiger partial charge in [-0.15, -0.1) is 0 Å². The maximum atomic E-state index is 12.6. The van der Waals surface area contributed by atoms with Gasteiger partial charge in [0.25, 0.3) is 5.91 Å². The molecule has 0 aliphatic rings. The van der Waals surface area contributed by atoms with Gasteiger partial charge in [-0.2, -0.15) is 0 Å². The van der Waals surface area contributed by atoms with Gasteiger partial charge in [0, 0.05) is 16.3 Å². The quantitative estimate of drug-likeness (QED) is 0.349. The molecule has 4 rings (SSSR count). The molecule has 3 aromatic carbocycles. The van der Waals surface area contributed by atoms with Crippen molar-refractivity contribution in [1.29, 1.82) is 0 Å². The molecule has 4 nitrogen and oxygen atoms in total. The topological polar surface area (TPSA) is 55.1 Å². The molecule has 152 valence electrons. The van der Waals surface area contributed by atoms with Crippen molar-refractivity contribution in [3.8, 4) is 11.5 Å². The lowest BCUT2D eigenvalue weighted by Crippen LogP contribution is -2.12. The van der Waals surface area contributed by atoms with E-state index in [0.29, 0.717) is 33.1 Å². The SMILES string of the molecule is CCC(C)c1ccc2oc(-c3cccc(NC(=O)c4ccc(Cl)cc4Cl)c3)nc2c1. The normalized spacial score (nSPS) is 12.1. The molecule has 6 heteroatoms. The molecule has 1 amide bonds. The lowest BCUT2D eigenvalue weighted by Gasteiger charge is -2.08. The molecule has 0 aliphatic carbocycles. The maximum absolute atomic E-state index is 12.6. The van der Waals surface area contributed by atoms with E-state index in [1.54, 1.807) is 24.3 Å². The minimum atomic E-state index is -0.315. The van der Waals surface area contributed by atoms with Crippen LogP contribution in [0.3, 0.4) is 0 Å². The first kappa shape index (κ1) is 20.5. The van der Waals surface area contributed by atoms with Crippen LogP contribution in [-0.2, 0) is 0 Å². The molecule has 0 fully saturated rings. The third-order valence-corrected chi connectivity index (χ3v) is 5.68. The number of nitrogens with one attached hydrogen (secondary N) is 1. The van der Waals surface area contributed by atoms with Crippen molar-refractivity contribution in [2.75, 3.05) is 5.32 Å². The number of hydrogen-bond acceptors (Lipinski definition) is 3. The van der Waals surface area contributed by atoms with Gasteiger partial charge in [0.05, 0.1) is 10.6 Å². The highest BCUT2D eigenvalue weighted by Gasteiger charge is 2.14. The van der Waals surface area contributed by atoms with Crippen molar-refractivity contribution in [2.45, 2.75) is 26.2 Å². The number of oxazole rings is 1. The van der Waals surface area contributed by atoms with E-state index in [1.165, 1.54) is 5.56 Å². The number of carbonyl (C=O) groups excluding carboxylic acids is 1. The molecular formula is C24H20Cl2N2O2. The number of halogens is 2. The van der Waals surface area contributed by atoms with Crippen molar-refractivity contribution in [2.24, 2.45) is 0 Å². The van der Waals surface area contributed by atoms with Crippen LogP contribution in [0.2, 0.25) is 10.0 Å². The van der Waals surface area contributed by atoms with Crippen LogP contribution in [-0.4, -0.2) is 10.9 Å². The van der Waals surface area contributed by atoms with Gasteiger partial charge in [0.2, 0.25) is 5.89 Å². The van der Waals surface area contributed by atoms with E-state index in [0.717, 1.165) is 23.1 Å². The Bertz CT molecular complexity index is 1230. The fourth-order valence-corrected chi connectivity index (χ4v) is 3.71. The van der Waals surface area contributed by atoms with Crippen molar-refractivity contribution in [1.82, 2.24) is 4.98 Å². The van der Waals surface area contributed by atoms with Crippen LogP contribution in [0.15, 0.2) is 65.1 Å². The average Bonchev–Trinajstić information content (AvgIpc) is 3.16. The molecule has 30 heavy (non-hydrogen) atoms. The fraction of sp³-hybridized carbons (Fsp3) is 0.167. The van der Waals surface area contributed by atoms with Gasteiger partial charge in [0.15, 0.2) is 5.58 Å². The van der Waals surface area contributed by atoms with E-state index in [9.17, 15) is 4.79 Å². The molecule has 0 bridgehead atoms. The zero-order valence-electron chi connectivity index (χ0n) is 16.6. The fourth-order valence-electron chi connectivity index (χ4n) is 3.21. The van der Waals surface area contributed by atoms with Gasteiger partial charge in [0.1, 0.15) is 5.52 Å². The third kappa shape index (κ3) is 4.20. The summed E-state index contributed by atoms with van der Waals surface area (Å²) < 4.78 is 5.94. The van der Waals surface area contributed by atoms with Gasteiger partial charge in [-0.05, 0) is 66.4 Å². The molecule has 0 saturated carbocycles. The van der Waals surface area contributed by atoms with Gasteiger partial charge in [-0.25, -0.2) is 4.98 Å². The highest BCUT2D eigenvalue weighted by Crippen LogP contribution is 2.29. The smallest absolute Gasteiger partial charge is 0.257 e. The molecule has 1 N–H and O–H groups in total. The standard InChI is InChI=1S/C24H20Cl2N2O2/c1-3-14(2)15-7-10-22-21(12-15)28-24(30-22)16-5-4-6-18(11-16)27-23(29)19-9-8-17(25)13-20(19)26/h4-14H,3H2,1-2H3,(H,27,29). The Morgan fingerprint density at radius 2 is 1.93 bits per heavy atom. The zero-order chi connectivity index (χ0) is 21.3. The Balaban J connectivity index is 1.60. The van der Waals surface area contributed by atoms with Crippen molar-refractivity contribution < 1.29 is 9.21 Å². The Morgan fingerprint density at radius 1 is 1.10 bits per heavy atom. The molecule has 1 aromatic heterocycles. The highest BCUT2D eigenvalue weighted by atomic mass is 35.5. The first-order chi connectivity index (χ1) is 14.4. The molecule has 4 aromatic rings. The minimum absolute atomic E-state index is 0.298. The Morgan fingerprint density at radius 3 is 2.70 bits per heavy atom. The summed E-state index contributed by atoms with van der Waals surface area (Å²) in [6.07, 6.45) is 1.07. The number of amides is 1. The molecule has 1 heterocycles. The summed E-state index contributed by atoms with van der Waals surface area (Å²) in [4.78, 5) is 17.2. The summed E-state index contributed by atoms with van der Waals surface area (Å²) in [6.45, 7) is 4.36. The molecule has 0 spiro atoms. The average molecular weight is 439 g/mol. The van der Waals surface area contributed by atoms with Gasteiger partial charge in [-0.1, -0.05) is 49.2 Å². The maximum Gasteiger partial charge on any atom is 0.257 e. The summed E-state index contributed by atoms with van der Waals surface area (Å²) in [6, 6.07) is 18.2. The summed E-state index contributed by atoms with van der Waals surface area (Å²) in [5.41, 5.74) is 4.54. The summed E-state index contributed by atoms with van der Waals surface area (Å²) in [5, 5.41) is 3.63. The summed E-state index contributed by atoms with van der Waals surface area (Å²) in [5.74, 6) is 0.657. The molecule has 0 aliphatic heterocycles. The molecule has 0 saturated heterocycles. The van der Waals surface area contributed by atoms with E-state index >= 15 is 0 Å². The number of hydrogen-bond donors (Lipinski definition) is 1. The Hall–Kier alpha value is -2.82. The van der Waals surface area contributed by atoms with E-state index in [2.05, 4.69) is 36.3 Å². The molecule has 0 radical (unpaired) electrons. The second kappa shape index (κ2) is 8.50. The Labute approximate surface area is 184 Å². The van der Waals surface area contributed by atoms with Crippen LogP contribution in [0.4, 0.5) is 5.69 Å². The molecule has 1 atom stereocenters. The number of fused-ring (bicyclic) bond motifs is 1. The first-order valence-corrected chi connectivity index (χ1v) is 10.5. The van der Waals surface area contributed by atoms with E-state index < -0.39 is 0 Å². The van der Waals surface area contributed by atoms with E-state index in [4.69, 9.17) is 27.6 Å². The van der Waals surface area contributed by atoms with Crippen LogP contribution in [0.25, 0.3) is 22.6 Å². The van der Waals surface area contributed by atoms with Crippen LogP contribution < -0.4 is 5.32 Å². The second-order valence-electron chi connectivity index (χ2n) is 7.21. The number of rotatable bonds is 5. The molecule has 1 unspecified atom stereocenters. The monoisotopic (exact) mass is 438 g/mol. The lowest BCUT2D eigenvalue weighted by atomic mass is 9.98. The van der Waals surface area contributed by atoms with E-state index in [-0.39, 0.29) is 5.91 Å². The van der Waals surface area contributed by atoms with E-state index in [1.807, 2.05) is 24.3 Å². The van der Waals surface area contributed by atoms with Crippen LogP contribution >= 0.6 is 23.2 Å². The Kier molecular flexibility index (Phi) is 5.80. The zero-order valence-corrected chi connectivity index (χ0v) is 18.1. The number of benzene rings is 3. The van der Waals surface area contributed by atoms with Crippen molar-refractivity contribution >= 4 is 45.9 Å². The largest absolute Gasteiger partial charge is 0.436 e. The lowest BCUT2D eigenvalue weighted by molar-refractivity contribution is 0.102. The number of carbonyl (C=O) groups is 1. The minimum Gasteiger partial charge on any atom is -0.436 e. The summed E-state index contributed by atoms with van der Waals surface area (Å²) >= 11 is 12.0. The highest BCUT2D eigenvalue weighted by molar-refractivity contribution is 6.37. The number of nitrogens with zero attached hydrogens (tertiary/aromatic N) is 1. The van der Waals surface area contributed by atoms with Crippen LogP contribution in [0, 0.1) is 0 Å². The summed E-state index contributed by atoms with van der Waals surface area (Å²) in [7, 11) is 0. The van der Waals surface area contributed by atoms with Crippen LogP contribution in [0.1, 0.15) is 42.1 Å². The second-order valence-corrected chi connectivity index (χ2v) is 8.06. The predicted octanol–water partition coefficient (Wildman–Crippen LogP) is 7.57. The number of anilines is 1. The first-order valence-electron chi connectivity index (χ1n) is 9.72. The van der Waals surface area contributed by atoms with Gasteiger partial charge < -0.3 is 9.73 Å². The van der Waals surface area contributed by atoms with Crippen molar-refractivity contribution in [3.63, 3.8) is 0 Å². The van der Waals surface area contributed by atoms with Gasteiger partial charge >= 0.3 is 0 Å².